The van der Waals surface area contributed by atoms with E-state index < -0.39 is 11.6 Å². The number of hydrogen-bond acceptors (Lipinski definition) is 3. The van der Waals surface area contributed by atoms with Gasteiger partial charge in [0.2, 0.25) is 11.8 Å². The van der Waals surface area contributed by atoms with E-state index in [2.05, 4.69) is 5.32 Å². The van der Waals surface area contributed by atoms with Crippen molar-refractivity contribution < 1.29 is 14.0 Å². The normalized spacial score (nSPS) is 17.9. The second-order valence-corrected chi connectivity index (χ2v) is 6.39. The summed E-state index contributed by atoms with van der Waals surface area (Å²) in [4.78, 5) is 25.8. The summed E-state index contributed by atoms with van der Waals surface area (Å²) in [5.41, 5.74) is 6.05. The minimum Gasteiger partial charge on any atom is -0.341 e. The summed E-state index contributed by atoms with van der Waals surface area (Å²) in [7, 11) is 0. The Morgan fingerprint density at radius 3 is 2.62 bits per heavy atom. The van der Waals surface area contributed by atoms with Crippen LogP contribution in [0.2, 0.25) is 0 Å². The van der Waals surface area contributed by atoms with Crippen LogP contribution in [0.1, 0.15) is 25.8 Å². The molecular formula is C17H23ClFN3O2. The number of nitrogens with one attached hydrogen (secondary N) is 1. The molecule has 2 rings (SSSR count). The topological polar surface area (TPSA) is 75.4 Å². The van der Waals surface area contributed by atoms with Gasteiger partial charge in [-0.2, -0.15) is 0 Å². The van der Waals surface area contributed by atoms with Gasteiger partial charge in [-0.05, 0) is 38.0 Å². The van der Waals surface area contributed by atoms with Crippen molar-refractivity contribution in [3.63, 3.8) is 0 Å². The molecule has 1 atom stereocenters. The smallest absolute Gasteiger partial charge is 0.245 e. The monoisotopic (exact) mass is 355 g/mol. The van der Waals surface area contributed by atoms with Crippen molar-refractivity contribution in [2.45, 2.75) is 38.4 Å². The number of likely N-dealkylation sites (tertiary alicyclic amines) is 1. The van der Waals surface area contributed by atoms with Gasteiger partial charge < -0.3 is 16.0 Å². The van der Waals surface area contributed by atoms with Crippen LogP contribution in [0.15, 0.2) is 36.4 Å². The third-order valence-corrected chi connectivity index (χ3v) is 3.56. The van der Waals surface area contributed by atoms with Gasteiger partial charge in [-0.15, -0.1) is 12.4 Å². The molecule has 0 aromatic heterocycles. The summed E-state index contributed by atoms with van der Waals surface area (Å²) in [5, 5.41) is 2.69. The van der Waals surface area contributed by atoms with Crippen LogP contribution in [-0.4, -0.2) is 34.8 Å². The molecule has 1 heterocycles. The molecule has 0 bridgehead atoms. The number of halogens is 2. The van der Waals surface area contributed by atoms with Gasteiger partial charge in [0.05, 0.1) is 0 Å². The van der Waals surface area contributed by atoms with Crippen molar-refractivity contribution >= 4 is 24.2 Å². The van der Waals surface area contributed by atoms with E-state index in [1.165, 1.54) is 18.2 Å². The zero-order chi connectivity index (χ0) is 17.0. The van der Waals surface area contributed by atoms with Crippen molar-refractivity contribution in [3.05, 3.63) is 47.8 Å². The van der Waals surface area contributed by atoms with Crippen LogP contribution in [0.25, 0.3) is 0 Å². The first kappa shape index (κ1) is 20.1. The van der Waals surface area contributed by atoms with E-state index >= 15 is 0 Å². The predicted molar refractivity (Wildman–Crippen MR) is 93.0 cm³/mol. The summed E-state index contributed by atoms with van der Waals surface area (Å²) in [5.74, 6) is -0.755. The Bertz CT molecular complexity index is 611. The van der Waals surface area contributed by atoms with Crippen LogP contribution in [0.4, 0.5) is 4.39 Å². The molecule has 7 heteroatoms. The number of hydrogen-bond donors (Lipinski definition) is 2. The van der Waals surface area contributed by atoms with E-state index in [1.54, 1.807) is 37.0 Å². The van der Waals surface area contributed by atoms with Crippen molar-refractivity contribution in [1.82, 2.24) is 10.2 Å². The second-order valence-electron chi connectivity index (χ2n) is 6.39. The molecule has 1 aliphatic rings. The quantitative estimate of drug-likeness (QED) is 0.790. The van der Waals surface area contributed by atoms with Gasteiger partial charge in [0.25, 0.3) is 0 Å². The first-order valence-electron chi connectivity index (χ1n) is 7.56. The average Bonchev–Trinajstić information content (AvgIpc) is 2.80. The van der Waals surface area contributed by atoms with Crippen LogP contribution < -0.4 is 11.1 Å². The van der Waals surface area contributed by atoms with Crippen LogP contribution >= 0.6 is 12.4 Å². The third-order valence-electron chi connectivity index (χ3n) is 3.56. The first-order valence-corrected chi connectivity index (χ1v) is 7.56. The summed E-state index contributed by atoms with van der Waals surface area (Å²) in [6.07, 6.45) is 3.51. The molecule has 0 aliphatic carbocycles. The minimum atomic E-state index is -0.578. The molecule has 0 spiro atoms. The van der Waals surface area contributed by atoms with E-state index in [9.17, 15) is 14.0 Å². The molecule has 1 fully saturated rings. The lowest BCUT2D eigenvalue weighted by atomic mass is 10.1. The van der Waals surface area contributed by atoms with Crippen LogP contribution in [-0.2, 0) is 16.1 Å². The zero-order valence-corrected chi connectivity index (χ0v) is 14.6. The number of benzene rings is 1. The summed E-state index contributed by atoms with van der Waals surface area (Å²) in [6.45, 7) is 4.54. The highest BCUT2D eigenvalue weighted by molar-refractivity contribution is 5.93. The summed E-state index contributed by atoms with van der Waals surface area (Å²) >= 11 is 0. The average molecular weight is 356 g/mol. The van der Waals surface area contributed by atoms with E-state index in [0.29, 0.717) is 19.5 Å². The largest absolute Gasteiger partial charge is 0.341 e. The minimum absolute atomic E-state index is 0. The summed E-state index contributed by atoms with van der Waals surface area (Å²) < 4.78 is 12.9. The zero-order valence-electron chi connectivity index (χ0n) is 13.8. The Balaban J connectivity index is 0.00000288. The Kier molecular flexibility index (Phi) is 6.93. The van der Waals surface area contributed by atoms with Crippen LogP contribution in [0.5, 0.6) is 0 Å². The molecule has 1 unspecified atom stereocenters. The SMILES string of the molecule is CC(C)(N)/C=C/C(=O)NC1CCN(Cc2ccc(F)cc2)C1=O.Cl. The van der Waals surface area contributed by atoms with Crippen molar-refractivity contribution in [3.8, 4) is 0 Å². The second kappa shape index (κ2) is 8.26. The number of carbonyl (C=O) groups is 2. The maximum atomic E-state index is 12.9. The Morgan fingerprint density at radius 1 is 1.42 bits per heavy atom. The van der Waals surface area contributed by atoms with Crippen molar-refractivity contribution in [2.24, 2.45) is 5.73 Å². The molecule has 0 saturated carbocycles. The summed E-state index contributed by atoms with van der Waals surface area (Å²) in [6, 6.07) is 5.53. The Morgan fingerprint density at radius 2 is 2.04 bits per heavy atom. The van der Waals surface area contributed by atoms with Gasteiger partial charge in [-0.25, -0.2) is 4.39 Å². The fraction of sp³-hybridized carbons (Fsp3) is 0.412. The van der Waals surface area contributed by atoms with Gasteiger partial charge in [0, 0.05) is 24.7 Å². The molecule has 132 valence electrons. The lowest BCUT2D eigenvalue weighted by Gasteiger charge is -2.17. The lowest BCUT2D eigenvalue weighted by molar-refractivity contribution is -0.132. The maximum absolute atomic E-state index is 12.9. The van der Waals surface area contributed by atoms with Crippen LogP contribution in [0.3, 0.4) is 0 Å². The molecule has 2 amide bonds. The number of amides is 2. The fourth-order valence-electron chi connectivity index (χ4n) is 2.35. The molecule has 24 heavy (non-hydrogen) atoms. The van der Waals surface area contributed by atoms with Crippen molar-refractivity contribution in [1.29, 1.82) is 0 Å². The van der Waals surface area contributed by atoms with E-state index in [1.807, 2.05) is 0 Å². The van der Waals surface area contributed by atoms with Gasteiger partial charge in [-0.1, -0.05) is 18.2 Å². The van der Waals surface area contributed by atoms with E-state index in [4.69, 9.17) is 5.73 Å². The molecule has 1 aliphatic heterocycles. The van der Waals surface area contributed by atoms with Gasteiger partial charge in [0.1, 0.15) is 11.9 Å². The number of nitrogens with zero attached hydrogens (tertiary/aromatic N) is 1. The molecule has 5 nitrogen and oxygen atoms in total. The first-order chi connectivity index (χ1) is 10.7. The molecule has 1 aromatic rings. The molecule has 0 radical (unpaired) electrons. The van der Waals surface area contributed by atoms with Crippen molar-refractivity contribution in [2.75, 3.05) is 6.54 Å². The molecule has 1 saturated heterocycles. The standard InChI is InChI=1S/C17H22FN3O2.ClH/c1-17(2,19)9-7-15(22)20-14-8-10-21(16(14)23)11-12-3-5-13(18)6-4-12;/h3-7,9,14H,8,10-11,19H2,1-2H3,(H,20,22);1H/b9-7+;. The number of rotatable bonds is 5. The number of nitrogens with two attached hydrogens (primary N) is 1. The maximum Gasteiger partial charge on any atom is 0.245 e. The van der Waals surface area contributed by atoms with E-state index in [0.717, 1.165) is 5.56 Å². The number of carbonyl (C=O) groups excluding carboxylic acids is 2. The van der Waals surface area contributed by atoms with E-state index in [-0.39, 0.29) is 30.0 Å². The Labute approximate surface area is 147 Å². The highest BCUT2D eigenvalue weighted by Crippen LogP contribution is 2.15. The van der Waals surface area contributed by atoms with Gasteiger partial charge in [-0.3, -0.25) is 9.59 Å². The van der Waals surface area contributed by atoms with Gasteiger partial charge in [0.15, 0.2) is 0 Å². The highest BCUT2D eigenvalue weighted by Gasteiger charge is 2.32. The lowest BCUT2D eigenvalue weighted by Crippen LogP contribution is -2.41. The fourth-order valence-corrected chi connectivity index (χ4v) is 2.35. The third kappa shape index (κ3) is 5.94. The molecule has 1 aromatic carbocycles. The van der Waals surface area contributed by atoms with Gasteiger partial charge >= 0.3 is 0 Å². The highest BCUT2D eigenvalue weighted by atomic mass is 35.5. The molecular weight excluding hydrogens is 333 g/mol. The predicted octanol–water partition coefficient (Wildman–Crippen LogP) is 1.76. The van der Waals surface area contributed by atoms with Crippen LogP contribution in [0, 0.1) is 5.82 Å². The molecule has 3 N–H and O–H groups in total. The Hall–Kier alpha value is -1.92.